The van der Waals surface area contributed by atoms with Gasteiger partial charge in [-0.2, -0.15) is 0 Å². The second-order valence-corrected chi connectivity index (χ2v) is 4.41. The van der Waals surface area contributed by atoms with E-state index in [0.29, 0.717) is 25.3 Å². The first kappa shape index (κ1) is 11.9. The first-order chi connectivity index (χ1) is 8.19. The molecule has 4 heteroatoms. The number of piperidine rings is 1. The number of amides is 1. The molecule has 1 heterocycles. The van der Waals surface area contributed by atoms with Crippen molar-refractivity contribution in [2.45, 2.75) is 18.4 Å². The number of methoxy groups -OCH3 is 1. The van der Waals surface area contributed by atoms with Gasteiger partial charge in [0, 0.05) is 12.1 Å². The average molecular weight is 235 g/mol. The number of hydrogen-bond donors (Lipinski definition) is 1. The third-order valence-corrected chi connectivity index (χ3v) is 3.26. The highest BCUT2D eigenvalue weighted by molar-refractivity contribution is 5.48. The molecule has 0 saturated carbocycles. The zero-order valence-corrected chi connectivity index (χ0v) is 9.93. The standard InChI is InChI=1S/C13H17NO3/c1-17-12-6-3-2-5-11(12)13(16)7-4-8-14(9-13)10-15/h2-3,5-6,10,16H,4,7-9H2,1H3. The average Bonchev–Trinajstić information content (AvgIpc) is 2.38. The third kappa shape index (κ3) is 2.26. The third-order valence-electron chi connectivity index (χ3n) is 3.26. The van der Waals surface area contributed by atoms with Crippen molar-refractivity contribution < 1.29 is 14.6 Å². The number of likely N-dealkylation sites (tertiary alicyclic amines) is 1. The molecule has 17 heavy (non-hydrogen) atoms. The molecule has 1 amide bonds. The first-order valence-electron chi connectivity index (χ1n) is 5.75. The lowest BCUT2D eigenvalue weighted by molar-refractivity contribution is -0.125. The molecule has 1 aromatic rings. The zero-order chi connectivity index (χ0) is 12.3. The second-order valence-electron chi connectivity index (χ2n) is 4.41. The van der Waals surface area contributed by atoms with Gasteiger partial charge in [0.1, 0.15) is 11.4 Å². The van der Waals surface area contributed by atoms with Gasteiger partial charge in [-0.15, -0.1) is 0 Å². The normalized spacial score (nSPS) is 24.5. The molecule has 4 nitrogen and oxygen atoms in total. The summed E-state index contributed by atoms with van der Waals surface area (Å²) in [5, 5.41) is 10.7. The summed E-state index contributed by atoms with van der Waals surface area (Å²) in [5.74, 6) is 0.669. The molecule has 1 aliphatic rings. The highest BCUT2D eigenvalue weighted by atomic mass is 16.5. The van der Waals surface area contributed by atoms with Gasteiger partial charge in [0.25, 0.3) is 0 Å². The number of nitrogens with zero attached hydrogens (tertiary/aromatic N) is 1. The number of para-hydroxylation sites is 1. The molecule has 2 rings (SSSR count). The second kappa shape index (κ2) is 4.75. The number of aliphatic hydroxyl groups is 1. The van der Waals surface area contributed by atoms with E-state index in [1.807, 2.05) is 24.3 Å². The van der Waals surface area contributed by atoms with Crippen LogP contribution in [0.2, 0.25) is 0 Å². The molecular formula is C13H17NO3. The maximum absolute atomic E-state index is 10.8. The smallest absolute Gasteiger partial charge is 0.209 e. The van der Waals surface area contributed by atoms with Gasteiger partial charge in [0.05, 0.1) is 13.7 Å². The van der Waals surface area contributed by atoms with E-state index in [0.717, 1.165) is 18.4 Å². The van der Waals surface area contributed by atoms with E-state index in [-0.39, 0.29) is 0 Å². The van der Waals surface area contributed by atoms with Gasteiger partial charge in [-0.05, 0) is 18.9 Å². The van der Waals surface area contributed by atoms with E-state index in [4.69, 9.17) is 4.74 Å². The monoisotopic (exact) mass is 235 g/mol. The van der Waals surface area contributed by atoms with Crippen LogP contribution in [-0.4, -0.2) is 36.6 Å². The van der Waals surface area contributed by atoms with Crippen LogP contribution in [0, 0.1) is 0 Å². The van der Waals surface area contributed by atoms with Crippen LogP contribution in [0.25, 0.3) is 0 Å². The van der Waals surface area contributed by atoms with E-state index in [2.05, 4.69) is 0 Å². The maximum atomic E-state index is 10.8. The molecule has 1 N–H and O–H groups in total. The molecule has 92 valence electrons. The fourth-order valence-electron chi connectivity index (χ4n) is 2.41. The summed E-state index contributed by atoms with van der Waals surface area (Å²) in [5.41, 5.74) is -0.236. The van der Waals surface area contributed by atoms with Crippen molar-refractivity contribution in [3.05, 3.63) is 29.8 Å². The SMILES string of the molecule is COc1ccccc1C1(O)CCCN(C=O)C1. The molecule has 0 aromatic heterocycles. The predicted molar refractivity (Wildman–Crippen MR) is 63.8 cm³/mol. The van der Waals surface area contributed by atoms with Crippen LogP contribution in [0.5, 0.6) is 5.75 Å². The number of carbonyl (C=O) groups is 1. The van der Waals surface area contributed by atoms with Gasteiger partial charge in [-0.3, -0.25) is 4.79 Å². The van der Waals surface area contributed by atoms with Crippen molar-refractivity contribution in [2.24, 2.45) is 0 Å². The van der Waals surface area contributed by atoms with Crippen molar-refractivity contribution >= 4 is 6.41 Å². The zero-order valence-electron chi connectivity index (χ0n) is 9.93. The number of rotatable bonds is 3. The van der Waals surface area contributed by atoms with Gasteiger partial charge in [-0.25, -0.2) is 0 Å². The molecule has 1 atom stereocenters. The maximum Gasteiger partial charge on any atom is 0.209 e. The molecule has 1 unspecified atom stereocenters. The van der Waals surface area contributed by atoms with Crippen LogP contribution in [0.3, 0.4) is 0 Å². The summed E-state index contributed by atoms with van der Waals surface area (Å²) >= 11 is 0. The molecule has 1 aliphatic heterocycles. The molecule has 0 bridgehead atoms. The number of ether oxygens (including phenoxy) is 1. The Morgan fingerprint density at radius 2 is 2.24 bits per heavy atom. The highest BCUT2D eigenvalue weighted by Crippen LogP contribution is 2.36. The van der Waals surface area contributed by atoms with Crippen molar-refractivity contribution in [3.8, 4) is 5.75 Å². The molecule has 1 aromatic carbocycles. The Bertz CT molecular complexity index is 407. The van der Waals surface area contributed by atoms with Gasteiger partial charge >= 0.3 is 0 Å². The van der Waals surface area contributed by atoms with Crippen molar-refractivity contribution in [1.82, 2.24) is 4.90 Å². The minimum absolute atomic E-state index is 0.330. The van der Waals surface area contributed by atoms with Gasteiger partial charge in [0.2, 0.25) is 6.41 Å². The van der Waals surface area contributed by atoms with Crippen molar-refractivity contribution in [3.63, 3.8) is 0 Å². The predicted octanol–water partition coefficient (Wildman–Crippen LogP) is 1.14. The Hall–Kier alpha value is -1.55. The van der Waals surface area contributed by atoms with E-state index >= 15 is 0 Å². The Morgan fingerprint density at radius 1 is 1.47 bits per heavy atom. The molecular weight excluding hydrogens is 218 g/mol. The largest absolute Gasteiger partial charge is 0.496 e. The van der Waals surface area contributed by atoms with Gasteiger partial charge in [-0.1, -0.05) is 18.2 Å². The van der Waals surface area contributed by atoms with E-state index in [1.165, 1.54) is 0 Å². The lowest BCUT2D eigenvalue weighted by Crippen LogP contribution is -2.45. The van der Waals surface area contributed by atoms with Crippen LogP contribution in [0.15, 0.2) is 24.3 Å². The number of β-amino-alcohol motifs (C(OH)–C–C–N with tert-alkyl or cyclic N) is 1. The number of carbonyl (C=O) groups excluding carboxylic acids is 1. The van der Waals surface area contributed by atoms with Crippen LogP contribution in [0.4, 0.5) is 0 Å². The van der Waals surface area contributed by atoms with Crippen LogP contribution in [0.1, 0.15) is 18.4 Å². The van der Waals surface area contributed by atoms with Crippen LogP contribution < -0.4 is 4.74 Å². The topological polar surface area (TPSA) is 49.8 Å². The Morgan fingerprint density at radius 3 is 2.94 bits per heavy atom. The molecule has 1 saturated heterocycles. The van der Waals surface area contributed by atoms with E-state index < -0.39 is 5.60 Å². The fraction of sp³-hybridized carbons (Fsp3) is 0.462. The fourth-order valence-corrected chi connectivity index (χ4v) is 2.41. The van der Waals surface area contributed by atoms with Crippen molar-refractivity contribution in [2.75, 3.05) is 20.2 Å². The van der Waals surface area contributed by atoms with Crippen LogP contribution >= 0.6 is 0 Å². The Balaban J connectivity index is 2.33. The summed E-state index contributed by atoms with van der Waals surface area (Å²) in [6.07, 6.45) is 2.24. The van der Waals surface area contributed by atoms with Crippen LogP contribution in [-0.2, 0) is 10.4 Å². The van der Waals surface area contributed by atoms with Crippen molar-refractivity contribution in [1.29, 1.82) is 0 Å². The number of benzene rings is 1. The summed E-state index contributed by atoms with van der Waals surface area (Å²) in [4.78, 5) is 12.4. The highest BCUT2D eigenvalue weighted by Gasteiger charge is 2.36. The summed E-state index contributed by atoms with van der Waals surface area (Å²) in [6.45, 7) is 1.04. The summed E-state index contributed by atoms with van der Waals surface area (Å²) < 4.78 is 5.27. The first-order valence-corrected chi connectivity index (χ1v) is 5.75. The summed E-state index contributed by atoms with van der Waals surface area (Å²) in [6, 6.07) is 7.42. The number of hydrogen-bond acceptors (Lipinski definition) is 3. The Kier molecular flexibility index (Phi) is 3.33. The lowest BCUT2D eigenvalue weighted by atomic mass is 9.85. The quantitative estimate of drug-likeness (QED) is 0.799. The Labute approximate surface area is 101 Å². The van der Waals surface area contributed by atoms with E-state index in [1.54, 1.807) is 12.0 Å². The molecule has 0 spiro atoms. The lowest BCUT2D eigenvalue weighted by Gasteiger charge is -2.38. The molecule has 1 fully saturated rings. The minimum Gasteiger partial charge on any atom is -0.496 e. The molecule has 0 aliphatic carbocycles. The molecule has 0 radical (unpaired) electrons. The van der Waals surface area contributed by atoms with Gasteiger partial charge < -0.3 is 14.7 Å². The summed E-state index contributed by atoms with van der Waals surface area (Å²) in [7, 11) is 1.59. The van der Waals surface area contributed by atoms with Gasteiger partial charge in [0.15, 0.2) is 0 Å². The van der Waals surface area contributed by atoms with E-state index in [9.17, 15) is 9.90 Å². The minimum atomic E-state index is -0.994.